The zero-order chi connectivity index (χ0) is 41.3. The van der Waals surface area contributed by atoms with E-state index in [0.717, 1.165) is 51.4 Å². The Bertz CT molecular complexity index is 1130. The Kier molecular flexibility index (Phi) is 31.7. The Morgan fingerprint density at radius 1 is 0.643 bits per heavy atom. The smallest absolute Gasteiger partial charge is 0.306 e. The topological polar surface area (TPSA) is 186 Å². The highest BCUT2D eigenvalue weighted by molar-refractivity contribution is 7.85. The molecule has 1 aliphatic rings. The number of carbonyl (C=O) groups excluding carboxylic acids is 2. The summed E-state index contributed by atoms with van der Waals surface area (Å²) in [6.45, 7) is 5.26. The summed E-state index contributed by atoms with van der Waals surface area (Å²) < 4.78 is 54.0. The zero-order valence-corrected chi connectivity index (χ0v) is 35.4. The van der Waals surface area contributed by atoms with Gasteiger partial charge < -0.3 is 34.3 Å². The van der Waals surface area contributed by atoms with Crippen LogP contribution in [0, 0.1) is 0 Å². The molecule has 0 aromatic heterocycles. The van der Waals surface area contributed by atoms with Crippen LogP contribution in [0.3, 0.4) is 0 Å². The monoisotopic (exact) mass is 819 g/mol. The molecule has 328 valence electrons. The second-order valence-corrected chi connectivity index (χ2v) is 16.9. The van der Waals surface area contributed by atoms with E-state index < -0.39 is 71.2 Å². The van der Waals surface area contributed by atoms with E-state index in [1.807, 2.05) is 6.08 Å². The van der Waals surface area contributed by atoms with Crippen molar-refractivity contribution in [3.05, 3.63) is 24.8 Å². The number of carbonyl (C=O) groups is 2. The molecule has 2 unspecified atom stereocenters. The predicted octanol–water partition coefficient (Wildman–Crippen LogP) is 8.45. The Hall–Kier alpha value is -1.87. The van der Waals surface area contributed by atoms with E-state index in [-0.39, 0.29) is 19.4 Å². The molecule has 56 heavy (non-hydrogen) atoms. The Balaban J connectivity index is 2.46. The molecule has 13 heteroatoms. The van der Waals surface area contributed by atoms with Crippen LogP contribution in [0.4, 0.5) is 0 Å². The van der Waals surface area contributed by atoms with Gasteiger partial charge in [0, 0.05) is 12.8 Å². The van der Waals surface area contributed by atoms with Crippen molar-refractivity contribution in [3.63, 3.8) is 0 Å². The molecule has 0 bridgehead atoms. The summed E-state index contributed by atoms with van der Waals surface area (Å²) in [6, 6.07) is 0. The van der Waals surface area contributed by atoms with Gasteiger partial charge in [-0.2, -0.15) is 8.42 Å². The minimum Gasteiger partial charge on any atom is -0.462 e. The van der Waals surface area contributed by atoms with Crippen LogP contribution >= 0.6 is 0 Å². The lowest BCUT2D eigenvalue weighted by atomic mass is 10.00. The molecule has 12 nitrogen and oxygen atoms in total. The molecule has 1 heterocycles. The number of aliphatic hydroxyl groups is 3. The highest BCUT2D eigenvalue weighted by atomic mass is 32.2. The van der Waals surface area contributed by atoms with Crippen molar-refractivity contribution in [2.75, 3.05) is 19.0 Å². The van der Waals surface area contributed by atoms with Crippen LogP contribution in [-0.4, -0.2) is 96.0 Å². The number of hydrogen-bond acceptors (Lipinski definition) is 11. The van der Waals surface area contributed by atoms with E-state index >= 15 is 0 Å². The molecule has 1 fully saturated rings. The van der Waals surface area contributed by atoms with Gasteiger partial charge in [-0.1, -0.05) is 134 Å². The van der Waals surface area contributed by atoms with Gasteiger partial charge >= 0.3 is 11.9 Å². The zero-order valence-electron chi connectivity index (χ0n) is 34.6. The third kappa shape index (κ3) is 28.5. The van der Waals surface area contributed by atoms with Crippen molar-refractivity contribution in [1.82, 2.24) is 0 Å². The van der Waals surface area contributed by atoms with Gasteiger partial charge in [0.15, 0.2) is 12.4 Å². The summed E-state index contributed by atoms with van der Waals surface area (Å²) in [5.74, 6) is -2.00. The van der Waals surface area contributed by atoms with Crippen LogP contribution in [0.2, 0.25) is 0 Å². The van der Waals surface area contributed by atoms with Crippen molar-refractivity contribution in [1.29, 1.82) is 0 Å². The van der Waals surface area contributed by atoms with Crippen molar-refractivity contribution in [2.24, 2.45) is 0 Å². The summed E-state index contributed by atoms with van der Waals surface area (Å²) in [7, 11) is -4.60. The number of ether oxygens (including phenoxy) is 4. The second-order valence-electron chi connectivity index (χ2n) is 15.4. The Morgan fingerprint density at radius 3 is 1.62 bits per heavy atom. The normalized spacial score (nSPS) is 20.6. The number of esters is 2. The number of unbranched alkanes of at least 4 members (excludes halogenated alkanes) is 22. The van der Waals surface area contributed by atoms with Crippen LogP contribution in [0.1, 0.15) is 180 Å². The van der Waals surface area contributed by atoms with E-state index in [0.29, 0.717) is 12.8 Å². The molecule has 1 rings (SSSR count). The summed E-state index contributed by atoms with van der Waals surface area (Å²) >= 11 is 0. The average Bonchev–Trinajstić information content (AvgIpc) is 3.16. The average molecular weight is 819 g/mol. The molecule has 0 amide bonds. The lowest BCUT2D eigenvalue weighted by molar-refractivity contribution is -0.297. The lowest BCUT2D eigenvalue weighted by Gasteiger charge is -2.40. The van der Waals surface area contributed by atoms with Crippen molar-refractivity contribution >= 4 is 22.1 Å². The lowest BCUT2D eigenvalue weighted by Crippen LogP contribution is -2.60. The maximum atomic E-state index is 12.8. The third-order valence-corrected chi connectivity index (χ3v) is 10.9. The Morgan fingerprint density at radius 2 is 1.11 bits per heavy atom. The molecular formula is C43H78O12S. The Labute approximate surface area is 338 Å². The molecule has 6 atom stereocenters. The first kappa shape index (κ1) is 52.1. The van der Waals surface area contributed by atoms with E-state index in [1.54, 1.807) is 0 Å². The largest absolute Gasteiger partial charge is 0.462 e. The van der Waals surface area contributed by atoms with Gasteiger partial charge in [-0.05, 0) is 51.4 Å². The highest BCUT2D eigenvalue weighted by Gasteiger charge is 2.46. The summed E-state index contributed by atoms with van der Waals surface area (Å²) in [5.41, 5.74) is 0. The number of aliphatic hydroxyl groups excluding tert-OH is 3. The van der Waals surface area contributed by atoms with Crippen molar-refractivity contribution < 1.29 is 56.8 Å². The minimum atomic E-state index is -4.60. The van der Waals surface area contributed by atoms with E-state index in [1.165, 1.54) is 96.3 Å². The maximum absolute atomic E-state index is 12.8. The fourth-order valence-corrected chi connectivity index (χ4v) is 7.40. The summed E-state index contributed by atoms with van der Waals surface area (Å²) in [5, 5.41) is 30.8. The van der Waals surface area contributed by atoms with E-state index in [2.05, 4.69) is 25.7 Å². The van der Waals surface area contributed by atoms with Gasteiger partial charge in [0.1, 0.15) is 36.8 Å². The van der Waals surface area contributed by atoms with Gasteiger partial charge in [-0.25, -0.2) is 0 Å². The molecule has 0 aromatic carbocycles. The van der Waals surface area contributed by atoms with Crippen molar-refractivity contribution in [2.45, 2.75) is 217 Å². The van der Waals surface area contributed by atoms with E-state index in [4.69, 9.17) is 18.9 Å². The van der Waals surface area contributed by atoms with Crippen molar-refractivity contribution in [3.8, 4) is 0 Å². The molecule has 0 aliphatic carbocycles. The number of hydrogen-bond donors (Lipinski definition) is 4. The first-order chi connectivity index (χ1) is 27.0. The molecule has 1 saturated heterocycles. The fraction of sp³-hybridized carbons (Fsp3) is 0.860. The van der Waals surface area contributed by atoms with E-state index in [9.17, 15) is 37.9 Å². The molecule has 4 N–H and O–H groups in total. The van der Waals surface area contributed by atoms with Crippen LogP contribution in [0.15, 0.2) is 24.8 Å². The van der Waals surface area contributed by atoms with Crippen LogP contribution in [-0.2, 0) is 38.7 Å². The maximum Gasteiger partial charge on any atom is 0.306 e. The van der Waals surface area contributed by atoms with Gasteiger partial charge in [0.05, 0.1) is 6.61 Å². The molecule has 0 aromatic rings. The molecule has 0 spiro atoms. The quantitative estimate of drug-likeness (QED) is 0.0203. The standard InChI is InChI=1S/C43H78O12S/c1-3-5-7-9-11-13-15-17-18-20-22-24-26-28-30-32-39(45)54-36(34-53-43-42(48)41(47)40(46)37(55-43)35-56(49,50)51)33-52-38(44)31-29-27-25-23-21-19-16-14-12-10-8-6-4-2/h3,19,21,36-37,40-43,46-48H,1,4-18,20,22-35H2,2H3,(H,49,50,51)/b21-19+/t36-,37-,40-,41?,42?,43+/m1/s1. The first-order valence-electron chi connectivity index (χ1n) is 21.9. The molecule has 1 aliphatic heterocycles. The van der Waals surface area contributed by atoms with Gasteiger partial charge in [0.2, 0.25) is 0 Å². The fourth-order valence-electron chi connectivity index (χ4n) is 6.71. The number of allylic oxidation sites excluding steroid dienone is 3. The second kappa shape index (κ2) is 34.0. The van der Waals surface area contributed by atoms with Crippen LogP contribution in [0.5, 0.6) is 0 Å². The minimum absolute atomic E-state index is 0.161. The molecule has 0 radical (unpaired) electrons. The third-order valence-electron chi connectivity index (χ3n) is 10.1. The van der Waals surface area contributed by atoms with Crippen LogP contribution in [0.25, 0.3) is 0 Å². The first-order valence-corrected chi connectivity index (χ1v) is 23.5. The summed E-state index contributed by atoms with van der Waals surface area (Å²) in [6.07, 6.45) is 25.5. The van der Waals surface area contributed by atoms with Crippen LogP contribution < -0.4 is 0 Å². The predicted molar refractivity (Wildman–Crippen MR) is 220 cm³/mol. The van der Waals surface area contributed by atoms with Gasteiger partial charge in [0.25, 0.3) is 10.1 Å². The SMILES string of the molecule is C=CCCCCCCCCCCCCCCCC(=O)O[C@H](COC(=O)CCCCC/C=C/CCCCCCCC)CO[C@H]1O[C@H](CS(=O)(=O)O)[C@@H](O)C(O)C1O. The summed E-state index contributed by atoms with van der Waals surface area (Å²) in [4.78, 5) is 25.3. The molecular weight excluding hydrogens is 741 g/mol. The number of rotatable bonds is 37. The van der Waals surface area contributed by atoms with Gasteiger partial charge in [-0.15, -0.1) is 6.58 Å². The van der Waals surface area contributed by atoms with Gasteiger partial charge in [-0.3, -0.25) is 14.1 Å². The highest BCUT2D eigenvalue weighted by Crippen LogP contribution is 2.24. The molecule has 0 saturated carbocycles.